The molecule has 0 fully saturated rings. The summed E-state index contributed by atoms with van der Waals surface area (Å²) in [6.45, 7) is 0.645. The number of benzene rings is 2. The average molecular weight is 531 g/mol. The molecule has 33 heavy (non-hydrogen) atoms. The fourth-order valence-corrected chi connectivity index (χ4v) is 4.23. The molecule has 0 aliphatic carbocycles. The fraction of sp³-hybridized carbons (Fsp3) is 0.143. The lowest BCUT2D eigenvalue weighted by Crippen LogP contribution is -2.27. The zero-order valence-electron chi connectivity index (χ0n) is 17.1. The second kappa shape index (κ2) is 11.0. The second-order valence-electron chi connectivity index (χ2n) is 6.53. The number of carbonyl (C=O) groups excluding carboxylic acids is 1. The van der Waals surface area contributed by atoms with Gasteiger partial charge in [0.1, 0.15) is 11.4 Å². The van der Waals surface area contributed by atoms with Crippen LogP contribution >= 0.6 is 34.8 Å². The lowest BCUT2D eigenvalue weighted by Gasteiger charge is -2.15. The number of anilines is 1. The van der Waals surface area contributed by atoms with E-state index in [0.717, 1.165) is 0 Å². The number of rotatable bonds is 9. The Labute approximate surface area is 205 Å². The molecule has 3 aromatic rings. The number of nitrogens with zero attached hydrogens (tertiary/aromatic N) is 1. The van der Waals surface area contributed by atoms with E-state index < -0.39 is 15.9 Å². The Morgan fingerprint density at radius 1 is 1.06 bits per heavy atom. The van der Waals surface area contributed by atoms with Crippen LogP contribution in [0.3, 0.4) is 0 Å². The standard InChI is InChI=1S/C21H18Cl3N3O5S/c1-31-9-8-25-20(28)15-4-2-3-5-19(15)32-21-18(10-13(22)12-26-21)27-33(29,30)14-6-7-16(23)17(24)11-14/h2-7,10-12,27H,8-9H2,1H3,(H,25,28). The molecular weight excluding hydrogens is 513 g/mol. The summed E-state index contributed by atoms with van der Waals surface area (Å²) < 4.78 is 38.9. The normalized spacial score (nSPS) is 11.2. The van der Waals surface area contributed by atoms with E-state index in [1.165, 1.54) is 37.6 Å². The first-order chi connectivity index (χ1) is 15.7. The summed E-state index contributed by atoms with van der Waals surface area (Å²) in [5, 5.41) is 3.16. The number of halogens is 3. The van der Waals surface area contributed by atoms with E-state index in [1.807, 2.05) is 0 Å². The first kappa shape index (κ1) is 25.1. The summed E-state index contributed by atoms with van der Waals surface area (Å²) in [4.78, 5) is 16.5. The van der Waals surface area contributed by atoms with E-state index in [0.29, 0.717) is 13.2 Å². The zero-order chi connectivity index (χ0) is 24.0. The Balaban J connectivity index is 1.91. The molecular formula is C21H18Cl3N3O5S. The Bertz CT molecular complexity index is 1270. The molecule has 0 radical (unpaired) electrons. The van der Waals surface area contributed by atoms with Crippen molar-refractivity contribution in [2.24, 2.45) is 0 Å². The molecule has 1 heterocycles. The largest absolute Gasteiger partial charge is 0.436 e. The van der Waals surface area contributed by atoms with Gasteiger partial charge in [0.2, 0.25) is 5.88 Å². The number of nitrogens with one attached hydrogen (secondary N) is 2. The van der Waals surface area contributed by atoms with E-state index in [-0.39, 0.29) is 42.8 Å². The van der Waals surface area contributed by atoms with E-state index in [4.69, 9.17) is 44.3 Å². The molecule has 174 valence electrons. The third-order valence-electron chi connectivity index (χ3n) is 4.19. The van der Waals surface area contributed by atoms with Gasteiger partial charge >= 0.3 is 0 Å². The molecule has 8 nitrogen and oxygen atoms in total. The Morgan fingerprint density at radius 3 is 2.55 bits per heavy atom. The van der Waals surface area contributed by atoms with Gasteiger partial charge in [-0.05, 0) is 36.4 Å². The van der Waals surface area contributed by atoms with Gasteiger partial charge in [-0.25, -0.2) is 13.4 Å². The molecule has 1 aromatic heterocycles. The molecule has 0 saturated carbocycles. The van der Waals surface area contributed by atoms with Crippen molar-refractivity contribution in [3.8, 4) is 11.6 Å². The third-order valence-corrected chi connectivity index (χ3v) is 6.50. The molecule has 0 unspecified atom stereocenters. The summed E-state index contributed by atoms with van der Waals surface area (Å²) in [7, 11) is -2.57. The van der Waals surface area contributed by atoms with Crippen LogP contribution in [0.25, 0.3) is 0 Å². The number of hydrogen-bond acceptors (Lipinski definition) is 6. The molecule has 0 spiro atoms. The van der Waals surface area contributed by atoms with Crippen molar-refractivity contribution in [1.82, 2.24) is 10.3 Å². The van der Waals surface area contributed by atoms with Gasteiger partial charge in [0.15, 0.2) is 0 Å². The quantitative estimate of drug-likeness (QED) is 0.377. The smallest absolute Gasteiger partial charge is 0.262 e. The van der Waals surface area contributed by atoms with E-state index in [2.05, 4.69) is 15.0 Å². The van der Waals surface area contributed by atoms with Gasteiger partial charge in [0.25, 0.3) is 15.9 Å². The minimum atomic E-state index is -4.09. The van der Waals surface area contributed by atoms with Gasteiger partial charge in [-0.2, -0.15) is 0 Å². The highest BCUT2D eigenvalue weighted by molar-refractivity contribution is 7.92. The molecule has 0 aliphatic heterocycles. The van der Waals surface area contributed by atoms with Crippen molar-refractivity contribution in [2.75, 3.05) is 25.0 Å². The molecule has 2 aromatic carbocycles. The number of sulfonamides is 1. The summed E-state index contributed by atoms with van der Waals surface area (Å²) in [6, 6.07) is 11.7. The highest BCUT2D eigenvalue weighted by Gasteiger charge is 2.21. The fourth-order valence-electron chi connectivity index (χ4n) is 2.64. The van der Waals surface area contributed by atoms with Crippen molar-refractivity contribution in [2.45, 2.75) is 4.90 Å². The maximum Gasteiger partial charge on any atom is 0.262 e. The third kappa shape index (κ3) is 6.49. The molecule has 0 atom stereocenters. The van der Waals surface area contributed by atoms with Crippen molar-refractivity contribution in [1.29, 1.82) is 0 Å². The van der Waals surface area contributed by atoms with Gasteiger partial charge in [-0.15, -0.1) is 0 Å². The first-order valence-corrected chi connectivity index (χ1v) is 12.0. The van der Waals surface area contributed by atoms with Crippen LogP contribution in [0.15, 0.2) is 59.6 Å². The topological polar surface area (TPSA) is 107 Å². The molecule has 2 N–H and O–H groups in total. The predicted octanol–water partition coefficient (Wildman–Crippen LogP) is 5.01. The van der Waals surface area contributed by atoms with E-state index in [9.17, 15) is 13.2 Å². The Kier molecular flexibility index (Phi) is 8.39. The van der Waals surface area contributed by atoms with Crippen molar-refractivity contribution < 1.29 is 22.7 Å². The number of hydrogen-bond donors (Lipinski definition) is 2. The van der Waals surface area contributed by atoms with E-state index >= 15 is 0 Å². The number of amides is 1. The zero-order valence-corrected chi connectivity index (χ0v) is 20.2. The molecule has 1 amide bonds. The number of pyridine rings is 1. The molecule has 3 rings (SSSR count). The van der Waals surface area contributed by atoms with Gasteiger partial charge in [-0.3, -0.25) is 9.52 Å². The first-order valence-electron chi connectivity index (χ1n) is 9.38. The van der Waals surface area contributed by atoms with Gasteiger partial charge in [0, 0.05) is 19.9 Å². The minimum absolute atomic E-state index is 0.0387. The van der Waals surface area contributed by atoms with Crippen LogP contribution in [-0.4, -0.2) is 39.6 Å². The minimum Gasteiger partial charge on any atom is -0.436 e. The summed E-state index contributed by atoms with van der Waals surface area (Å²) >= 11 is 17.9. The SMILES string of the molecule is COCCNC(=O)c1ccccc1Oc1ncc(Cl)cc1NS(=O)(=O)c1ccc(Cl)c(Cl)c1. The van der Waals surface area contributed by atoms with Crippen molar-refractivity contribution in [3.05, 3.63) is 75.4 Å². The van der Waals surface area contributed by atoms with Gasteiger partial charge in [0.05, 0.1) is 32.1 Å². The maximum absolute atomic E-state index is 12.9. The lowest BCUT2D eigenvalue weighted by molar-refractivity contribution is 0.0934. The lowest BCUT2D eigenvalue weighted by atomic mass is 10.2. The second-order valence-corrected chi connectivity index (χ2v) is 9.47. The molecule has 12 heteroatoms. The number of carbonyl (C=O) groups is 1. The van der Waals surface area contributed by atoms with E-state index in [1.54, 1.807) is 24.3 Å². The molecule has 0 aliphatic rings. The number of para-hydroxylation sites is 1. The van der Waals surface area contributed by atoms with Crippen LogP contribution in [0.4, 0.5) is 5.69 Å². The van der Waals surface area contributed by atoms with Gasteiger partial charge < -0.3 is 14.8 Å². The monoisotopic (exact) mass is 529 g/mol. The number of methoxy groups -OCH3 is 1. The Hall–Kier alpha value is -2.56. The number of ether oxygens (including phenoxy) is 2. The highest BCUT2D eigenvalue weighted by Crippen LogP contribution is 2.33. The van der Waals surface area contributed by atoms with Gasteiger partial charge in [-0.1, -0.05) is 46.9 Å². The van der Waals surface area contributed by atoms with Crippen LogP contribution in [0.5, 0.6) is 11.6 Å². The molecule has 0 bridgehead atoms. The predicted molar refractivity (Wildman–Crippen MR) is 127 cm³/mol. The van der Waals surface area contributed by atoms with Crippen LogP contribution < -0.4 is 14.8 Å². The number of aromatic nitrogens is 1. The highest BCUT2D eigenvalue weighted by atomic mass is 35.5. The summed E-state index contributed by atoms with van der Waals surface area (Å²) in [6.07, 6.45) is 1.29. The average Bonchev–Trinajstić information content (AvgIpc) is 2.77. The molecule has 0 saturated heterocycles. The summed E-state index contributed by atoms with van der Waals surface area (Å²) in [5.41, 5.74) is 0.187. The maximum atomic E-state index is 12.9. The Morgan fingerprint density at radius 2 is 1.82 bits per heavy atom. The van der Waals surface area contributed by atoms with Crippen molar-refractivity contribution in [3.63, 3.8) is 0 Å². The van der Waals surface area contributed by atoms with Crippen molar-refractivity contribution >= 4 is 56.4 Å². The van der Waals surface area contributed by atoms with Crippen LogP contribution in [0.1, 0.15) is 10.4 Å². The van der Waals surface area contributed by atoms with Crippen LogP contribution in [0, 0.1) is 0 Å². The van der Waals surface area contributed by atoms with Crippen LogP contribution in [-0.2, 0) is 14.8 Å². The summed E-state index contributed by atoms with van der Waals surface area (Å²) in [5.74, 6) is -0.341. The van der Waals surface area contributed by atoms with Crippen LogP contribution in [0.2, 0.25) is 15.1 Å².